The van der Waals surface area contributed by atoms with Crippen molar-refractivity contribution in [3.63, 3.8) is 0 Å². The number of nitrogens with one attached hydrogen (secondary N) is 1. The summed E-state index contributed by atoms with van der Waals surface area (Å²) in [6.07, 6.45) is 3.52. The molecule has 1 aromatic carbocycles. The number of carbonyl (C=O) groups excluding carboxylic acids is 1. The largest absolute Gasteiger partial charge is 0.444 e. The zero-order valence-corrected chi connectivity index (χ0v) is 17.3. The first-order valence-electron chi connectivity index (χ1n) is 9.06. The number of carbonyl (C=O) groups is 1. The van der Waals surface area contributed by atoms with E-state index < -0.39 is 11.7 Å². The highest BCUT2D eigenvalue weighted by Gasteiger charge is 2.29. The predicted molar refractivity (Wildman–Crippen MR) is 110 cm³/mol. The van der Waals surface area contributed by atoms with Gasteiger partial charge in [0, 0.05) is 17.2 Å². The van der Waals surface area contributed by atoms with Crippen molar-refractivity contribution in [2.75, 3.05) is 5.32 Å². The third kappa shape index (κ3) is 3.80. The fourth-order valence-electron chi connectivity index (χ4n) is 3.11. The molecule has 28 heavy (non-hydrogen) atoms. The maximum absolute atomic E-state index is 12.3. The summed E-state index contributed by atoms with van der Waals surface area (Å²) in [6, 6.07) is 6.97. The Bertz CT molecular complexity index is 1070. The number of hydrogen-bond acceptors (Lipinski definition) is 4. The Morgan fingerprint density at radius 3 is 2.71 bits per heavy atom. The van der Waals surface area contributed by atoms with Crippen LogP contribution in [0.5, 0.6) is 0 Å². The van der Waals surface area contributed by atoms with E-state index in [0.29, 0.717) is 38.7 Å². The van der Waals surface area contributed by atoms with Gasteiger partial charge in [0.2, 0.25) is 0 Å². The molecule has 0 unspecified atom stereocenters. The number of anilines is 1. The van der Waals surface area contributed by atoms with Gasteiger partial charge >= 0.3 is 6.09 Å². The highest BCUT2D eigenvalue weighted by molar-refractivity contribution is 6.34. The van der Waals surface area contributed by atoms with Crippen LogP contribution >= 0.6 is 23.2 Å². The molecule has 8 heteroatoms. The van der Waals surface area contributed by atoms with E-state index in [9.17, 15) is 4.79 Å². The lowest BCUT2D eigenvalue weighted by Gasteiger charge is -2.21. The van der Waals surface area contributed by atoms with Crippen LogP contribution in [0.2, 0.25) is 10.2 Å². The quantitative estimate of drug-likeness (QED) is 0.535. The molecule has 1 saturated carbocycles. The molecule has 2 aromatic heterocycles. The Balaban J connectivity index is 1.82. The van der Waals surface area contributed by atoms with Crippen LogP contribution in [0.15, 0.2) is 30.5 Å². The molecule has 0 radical (unpaired) electrons. The van der Waals surface area contributed by atoms with Gasteiger partial charge in [0.1, 0.15) is 10.8 Å². The van der Waals surface area contributed by atoms with Crippen LogP contribution < -0.4 is 5.32 Å². The molecule has 1 amide bonds. The molecule has 146 valence electrons. The van der Waals surface area contributed by atoms with Crippen LogP contribution in [-0.2, 0) is 4.74 Å². The first kappa shape index (κ1) is 19.0. The Hall–Kier alpha value is -2.31. The number of nitrogens with zero attached hydrogens (tertiary/aromatic N) is 3. The summed E-state index contributed by atoms with van der Waals surface area (Å²) in [6.45, 7) is 5.42. The molecule has 1 aliphatic carbocycles. The number of fused-ring (bicyclic) bond motifs is 1. The van der Waals surface area contributed by atoms with Crippen molar-refractivity contribution in [2.45, 2.75) is 45.1 Å². The molecule has 0 saturated heterocycles. The summed E-state index contributed by atoms with van der Waals surface area (Å²) in [5, 5.41) is 8.09. The molecule has 0 spiro atoms. The average Bonchev–Trinajstić information content (AvgIpc) is 3.32. The van der Waals surface area contributed by atoms with Crippen molar-refractivity contribution < 1.29 is 9.53 Å². The van der Waals surface area contributed by atoms with Gasteiger partial charge in [-0.1, -0.05) is 29.3 Å². The fraction of sp³-hybridized carbons (Fsp3) is 0.350. The lowest BCUT2D eigenvalue weighted by Crippen LogP contribution is -2.27. The molecule has 0 bridgehead atoms. The number of halogens is 2. The second-order valence-corrected chi connectivity index (χ2v) is 8.66. The van der Waals surface area contributed by atoms with E-state index >= 15 is 0 Å². The SMILES string of the molecule is CC(C)(C)OC(=O)Nc1cccc(Cl)c1-c1cc(Cl)nc2c(C3CC3)cnn12. The van der Waals surface area contributed by atoms with Crippen LogP contribution in [0.25, 0.3) is 16.9 Å². The maximum atomic E-state index is 12.3. The van der Waals surface area contributed by atoms with Crippen molar-refractivity contribution in [1.82, 2.24) is 14.6 Å². The summed E-state index contributed by atoms with van der Waals surface area (Å²) in [5.74, 6) is 0.474. The Morgan fingerprint density at radius 2 is 2.04 bits per heavy atom. The number of aromatic nitrogens is 3. The van der Waals surface area contributed by atoms with Crippen LogP contribution in [0.4, 0.5) is 10.5 Å². The van der Waals surface area contributed by atoms with Gasteiger partial charge < -0.3 is 4.74 Å². The maximum Gasteiger partial charge on any atom is 0.412 e. The number of benzene rings is 1. The van der Waals surface area contributed by atoms with Gasteiger partial charge in [-0.05, 0) is 51.7 Å². The Morgan fingerprint density at radius 1 is 1.29 bits per heavy atom. The van der Waals surface area contributed by atoms with E-state index in [1.807, 2.05) is 6.20 Å². The van der Waals surface area contributed by atoms with Crippen LogP contribution in [0, 0.1) is 0 Å². The fourth-order valence-corrected chi connectivity index (χ4v) is 3.57. The molecule has 1 fully saturated rings. The number of amides is 1. The monoisotopic (exact) mass is 418 g/mol. The van der Waals surface area contributed by atoms with Gasteiger partial charge in [-0.3, -0.25) is 5.32 Å². The molecule has 1 aliphatic rings. The van der Waals surface area contributed by atoms with E-state index in [1.54, 1.807) is 49.6 Å². The molecule has 2 heterocycles. The smallest absolute Gasteiger partial charge is 0.412 e. The Kier molecular flexibility index (Phi) is 4.71. The minimum atomic E-state index is -0.614. The van der Waals surface area contributed by atoms with Gasteiger partial charge in [0.25, 0.3) is 0 Å². The molecule has 0 aliphatic heterocycles. The second-order valence-electron chi connectivity index (χ2n) is 7.86. The zero-order chi connectivity index (χ0) is 20.1. The summed E-state index contributed by atoms with van der Waals surface area (Å²) >= 11 is 12.8. The molecule has 0 atom stereocenters. The van der Waals surface area contributed by atoms with Crippen molar-refractivity contribution in [3.8, 4) is 11.3 Å². The highest BCUT2D eigenvalue weighted by atomic mass is 35.5. The van der Waals surface area contributed by atoms with Crippen molar-refractivity contribution in [1.29, 1.82) is 0 Å². The van der Waals surface area contributed by atoms with Crippen LogP contribution in [0.3, 0.4) is 0 Å². The molecule has 3 aromatic rings. The summed E-state index contributed by atoms with van der Waals surface area (Å²) in [7, 11) is 0. The molecular formula is C20H20Cl2N4O2. The molecular weight excluding hydrogens is 399 g/mol. The lowest BCUT2D eigenvalue weighted by molar-refractivity contribution is 0.0636. The normalized spacial score (nSPS) is 14.3. The molecule has 1 N–H and O–H groups in total. The topological polar surface area (TPSA) is 68.5 Å². The van der Waals surface area contributed by atoms with E-state index in [1.165, 1.54) is 0 Å². The average molecular weight is 419 g/mol. The van der Waals surface area contributed by atoms with E-state index in [0.717, 1.165) is 18.4 Å². The van der Waals surface area contributed by atoms with Gasteiger partial charge in [-0.2, -0.15) is 5.10 Å². The van der Waals surface area contributed by atoms with E-state index in [2.05, 4.69) is 15.4 Å². The number of rotatable bonds is 3. The lowest BCUT2D eigenvalue weighted by atomic mass is 10.1. The zero-order valence-electron chi connectivity index (χ0n) is 15.8. The molecule has 4 rings (SSSR count). The third-order valence-corrected chi connectivity index (χ3v) is 4.90. The van der Waals surface area contributed by atoms with Gasteiger partial charge in [0.05, 0.1) is 22.6 Å². The summed E-state index contributed by atoms with van der Waals surface area (Å²) in [5.41, 5.74) is 2.95. The number of hydrogen-bond donors (Lipinski definition) is 1. The highest BCUT2D eigenvalue weighted by Crippen LogP contribution is 2.43. The summed E-state index contributed by atoms with van der Waals surface area (Å²) in [4.78, 5) is 16.8. The minimum Gasteiger partial charge on any atom is -0.444 e. The van der Waals surface area contributed by atoms with Crippen LogP contribution in [0.1, 0.15) is 45.1 Å². The predicted octanol–water partition coefficient (Wildman–Crippen LogP) is 5.93. The second kappa shape index (κ2) is 6.94. The van der Waals surface area contributed by atoms with Crippen molar-refractivity contribution in [3.05, 3.63) is 46.2 Å². The Labute approximate surface area is 172 Å². The first-order valence-corrected chi connectivity index (χ1v) is 9.81. The number of ether oxygens (including phenoxy) is 1. The van der Waals surface area contributed by atoms with E-state index in [4.69, 9.17) is 27.9 Å². The molecule has 6 nitrogen and oxygen atoms in total. The van der Waals surface area contributed by atoms with Gasteiger partial charge in [0.15, 0.2) is 5.65 Å². The summed E-state index contributed by atoms with van der Waals surface area (Å²) < 4.78 is 7.10. The minimum absolute atomic E-state index is 0.341. The van der Waals surface area contributed by atoms with Crippen molar-refractivity contribution in [2.24, 2.45) is 0 Å². The van der Waals surface area contributed by atoms with E-state index in [-0.39, 0.29) is 0 Å². The third-order valence-electron chi connectivity index (χ3n) is 4.39. The van der Waals surface area contributed by atoms with Gasteiger partial charge in [-0.25, -0.2) is 14.3 Å². The van der Waals surface area contributed by atoms with Gasteiger partial charge in [-0.15, -0.1) is 0 Å². The van der Waals surface area contributed by atoms with Crippen molar-refractivity contribution >= 4 is 40.6 Å². The first-order chi connectivity index (χ1) is 13.2. The van der Waals surface area contributed by atoms with Crippen LogP contribution in [-0.4, -0.2) is 26.3 Å². The standard InChI is InChI=1S/C20H20Cl2N4O2/c1-20(2,3)28-19(27)24-14-6-4-5-13(21)17(14)15-9-16(22)25-18-12(11-7-8-11)10-23-26(15)18/h4-6,9-11H,7-8H2,1-3H3,(H,24,27).